The largest absolute Gasteiger partial charge is 0.490 e. The SMILES string of the molecule is CCCOc1ccc(N2C(=O)NC(=O)/C(=C\c3cc(I)c(OCC(N)=O)c(OCC)c3)C2=O)cc1OCC. The van der Waals surface area contributed by atoms with E-state index in [1.807, 2.05) is 29.5 Å². The summed E-state index contributed by atoms with van der Waals surface area (Å²) in [6.07, 6.45) is 2.14. The van der Waals surface area contributed by atoms with Gasteiger partial charge in [-0.05, 0) is 78.8 Å². The molecule has 0 radical (unpaired) electrons. The molecule has 0 atom stereocenters. The van der Waals surface area contributed by atoms with Gasteiger partial charge in [-0.2, -0.15) is 0 Å². The molecular formula is C26H28IN3O8. The minimum Gasteiger partial charge on any atom is -0.490 e. The number of nitrogens with zero attached hydrogens (tertiary/aromatic N) is 1. The van der Waals surface area contributed by atoms with Gasteiger partial charge in [-0.1, -0.05) is 6.92 Å². The van der Waals surface area contributed by atoms with E-state index in [1.165, 1.54) is 12.1 Å². The van der Waals surface area contributed by atoms with Crippen molar-refractivity contribution in [2.75, 3.05) is 31.3 Å². The van der Waals surface area contributed by atoms with Gasteiger partial charge in [-0.3, -0.25) is 19.7 Å². The van der Waals surface area contributed by atoms with Crippen molar-refractivity contribution in [1.82, 2.24) is 5.32 Å². The zero-order valence-corrected chi connectivity index (χ0v) is 23.3. The Balaban J connectivity index is 2.00. The Hall–Kier alpha value is -3.81. The number of amides is 5. The topological polar surface area (TPSA) is 146 Å². The highest BCUT2D eigenvalue weighted by molar-refractivity contribution is 14.1. The lowest BCUT2D eigenvalue weighted by atomic mass is 10.1. The quantitative estimate of drug-likeness (QED) is 0.205. The number of urea groups is 1. The van der Waals surface area contributed by atoms with E-state index in [9.17, 15) is 19.2 Å². The molecule has 0 aliphatic carbocycles. The van der Waals surface area contributed by atoms with Crippen LogP contribution >= 0.6 is 22.6 Å². The smallest absolute Gasteiger partial charge is 0.335 e. The van der Waals surface area contributed by atoms with Crippen molar-refractivity contribution in [2.45, 2.75) is 27.2 Å². The minimum absolute atomic E-state index is 0.206. The maximum Gasteiger partial charge on any atom is 0.335 e. The molecule has 5 amide bonds. The van der Waals surface area contributed by atoms with Crippen LogP contribution in [0.25, 0.3) is 6.08 Å². The Bertz CT molecular complexity index is 1280. The Morgan fingerprint density at radius 1 is 0.974 bits per heavy atom. The Kier molecular flexibility index (Phi) is 9.93. The number of anilines is 1. The van der Waals surface area contributed by atoms with Gasteiger partial charge in [-0.15, -0.1) is 0 Å². The maximum absolute atomic E-state index is 13.4. The van der Waals surface area contributed by atoms with E-state index < -0.39 is 23.8 Å². The van der Waals surface area contributed by atoms with Gasteiger partial charge in [0, 0.05) is 6.07 Å². The summed E-state index contributed by atoms with van der Waals surface area (Å²) in [5.41, 5.74) is 5.56. The first-order chi connectivity index (χ1) is 18.2. The van der Waals surface area contributed by atoms with Crippen LogP contribution in [0.1, 0.15) is 32.8 Å². The average molecular weight is 637 g/mol. The minimum atomic E-state index is -0.887. The van der Waals surface area contributed by atoms with Crippen LogP contribution in [0.4, 0.5) is 10.5 Å². The second-order valence-electron chi connectivity index (χ2n) is 7.89. The fourth-order valence-electron chi connectivity index (χ4n) is 3.51. The number of hydrogen-bond donors (Lipinski definition) is 2. The van der Waals surface area contributed by atoms with Crippen LogP contribution in [0.3, 0.4) is 0 Å². The number of primary amides is 1. The number of nitrogens with one attached hydrogen (secondary N) is 1. The molecule has 1 aliphatic rings. The van der Waals surface area contributed by atoms with Crippen molar-refractivity contribution in [1.29, 1.82) is 0 Å². The van der Waals surface area contributed by atoms with Crippen molar-refractivity contribution in [2.24, 2.45) is 5.73 Å². The summed E-state index contributed by atoms with van der Waals surface area (Å²) in [5.74, 6) is -0.862. The van der Waals surface area contributed by atoms with Crippen LogP contribution < -0.4 is 34.9 Å². The number of carbonyl (C=O) groups is 4. The first kappa shape index (κ1) is 28.8. The van der Waals surface area contributed by atoms with Gasteiger partial charge in [0.1, 0.15) is 5.57 Å². The molecule has 1 saturated heterocycles. The molecule has 0 bridgehead atoms. The lowest BCUT2D eigenvalue weighted by Gasteiger charge is -2.27. The van der Waals surface area contributed by atoms with Gasteiger partial charge in [0.15, 0.2) is 29.6 Å². The number of carbonyl (C=O) groups excluding carboxylic acids is 4. The van der Waals surface area contributed by atoms with Gasteiger partial charge in [-0.25, -0.2) is 9.69 Å². The third-order valence-electron chi connectivity index (χ3n) is 5.05. The third-order valence-corrected chi connectivity index (χ3v) is 5.85. The van der Waals surface area contributed by atoms with E-state index in [2.05, 4.69) is 5.32 Å². The van der Waals surface area contributed by atoms with Crippen LogP contribution in [0.2, 0.25) is 0 Å². The molecular weight excluding hydrogens is 609 g/mol. The molecule has 0 saturated carbocycles. The molecule has 1 heterocycles. The predicted molar refractivity (Wildman–Crippen MR) is 147 cm³/mol. The fraction of sp³-hybridized carbons (Fsp3) is 0.308. The zero-order valence-electron chi connectivity index (χ0n) is 21.2. The summed E-state index contributed by atoms with van der Waals surface area (Å²) >= 11 is 1.98. The lowest BCUT2D eigenvalue weighted by molar-refractivity contribution is -0.123. The molecule has 1 fully saturated rings. The first-order valence-corrected chi connectivity index (χ1v) is 13.0. The Labute approximate surface area is 233 Å². The maximum atomic E-state index is 13.4. The monoisotopic (exact) mass is 637 g/mol. The molecule has 202 valence electrons. The number of barbiturate groups is 1. The van der Waals surface area contributed by atoms with Gasteiger partial charge in [0.2, 0.25) is 0 Å². The first-order valence-electron chi connectivity index (χ1n) is 11.9. The summed E-state index contributed by atoms with van der Waals surface area (Å²) < 4.78 is 23.0. The standard InChI is InChI=1S/C26H28IN3O8/c1-4-9-37-19-8-7-16(13-20(19)35-5-2)30-25(33)17(24(32)29-26(30)34)10-15-11-18(27)23(38-14-22(28)31)21(12-15)36-6-3/h7-8,10-13H,4-6,9,14H2,1-3H3,(H2,28,31)(H,29,32,34)/b17-10+. The van der Waals surface area contributed by atoms with Gasteiger partial charge >= 0.3 is 6.03 Å². The number of halogens is 1. The highest BCUT2D eigenvalue weighted by Gasteiger charge is 2.37. The number of rotatable bonds is 12. The molecule has 0 unspecified atom stereocenters. The molecule has 0 aromatic heterocycles. The lowest BCUT2D eigenvalue weighted by Crippen LogP contribution is -2.54. The number of imide groups is 2. The van der Waals surface area contributed by atoms with Crippen molar-refractivity contribution < 1.29 is 38.1 Å². The Morgan fingerprint density at radius 2 is 1.68 bits per heavy atom. The fourth-order valence-corrected chi connectivity index (χ4v) is 4.29. The van der Waals surface area contributed by atoms with Gasteiger partial charge in [0.25, 0.3) is 17.7 Å². The van der Waals surface area contributed by atoms with E-state index >= 15 is 0 Å². The summed E-state index contributed by atoms with van der Waals surface area (Å²) in [6, 6.07) is 6.98. The van der Waals surface area contributed by atoms with Crippen molar-refractivity contribution in [3.05, 3.63) is 45.0 Å². The van der Waals surface area contributed by atoms with Gasteiger partial charge < -0.3 is 24.7 Å². The summed E-state index contributed by atoms with van der Waals surface area (Å²) in [5, 5.41) is 2.21. The average Bonchev–Trinajstić information content (AvgIpc) is 2.85. The summed E-state index contributed by atoms with van der Waals surface area (Å²) in [6.45, 7) is 6.30. The van der Waals surface area contributed by atoms with E-state index in [4.69, 9.17) is 24.7 Å². The molecule has 38 heavy (non-hydrogen) atoms. The van der Waals surface area contributed by atoms with Crippen molar-refractivity contribution in [3.8, 4) is 23.0 Å². The van der Waals surface area contributed by atoms with Crippen molar-refractivity contribution >= 4 is 58.1 Å². The number of hydrogen-bond acceptors (Lipinski definition) is 8. The molecule has 1 aliphatic heterocycles. The van der Waals surface area contributed by atoms with Crippen LogP contribution in [0.5, 0.6) is 23.0 Å². The Morgan fingerprint density at radius 3 is 2.34 bits per heavy atom. The van der Waals surface area contributed by atoms with E-state index in [0.717, 1.165) is 11.3 Å². The van der Waals surface area contributed by atoms with Crippen LogP contribution in [-0.2, 0) is 14.4 Å². The third kappa shape index (κ3) is 6.73. The number of nitrogens with two attached hydrogens (primary N) is 1. The molecule has 2 aromatic carbocycles. The highest BCUT2D eigenvalue weighted by Crippen LogP contribution is 2.36. The number of benzene rings is 2. The number of ether oxygens (including phenoxy) is 4. The highest BCUT2D eigenvalue weighted by atomic mass is 127. The molecule has 0 spiro atoms. The molecule has 11 nitrogen and oxygen atoms in total. The molecule has 3 rings (SSSR count). The van der Waals surface area contributed by atoms with Crippen LogP contribution in [0, 0.1) is 3.57 Å². The molecule has 3 N–H and O–H groups in total. The van der Waals surface area contributed by atoms with E-state index in [-0.39, 0.29) is 17.9 Å². The molecule has 2 aromatic rings. The predicted octanol–water partition coefficient (Wildman–Crippen LogP) is 3.41. The summed E-state index contributed by atoms with van der Waals surface area (Å²) in [7, 11) is 0. The molecule has 12 heteroatoms. The summed E-state index contributed by atoms with van der Waals surface area (Å²) in [4.78, 5) is 50.8. The second kappa shape index (κ2) is 13.1. The zero-order chi connectivity index (χ0) is 27.8. The second-order valence-corrected chi connectivity index (χ2v) is 9.05. The van der Waals surface area contributed by atoms with Crippen LogP contribution in [0.15, 0.2) is 35.9 Å². The van der Waals surface area contributed by atoms with E-state index in [1.54, 1.807) is 38.1 Å². The normalized spacial score (nSPS) is 14.4. The van der Waals surface area contributed by atoms with Crippen LogP contribution in [-0.4, -0.2) is 50.2 Å². The van der Waals surface area contributed by atoms with Gasteiger partial charge in [0.05, 0.1) is 29.1 Å². The van der Waals surface area contributed by atoms with Crippen molar-refractivity contribution in [3.63, 3.8) is 0 Å². The van der Waals surface area contributed by atoms with E-state index in [0.29, 0.717) is 52.0 Å².